The van der Waals surface area contributed by atoms with Gasteiger partial charge in [0.15, 0.2) is 0 Å². The largest absolute Gasteiger partial charge is 0.365 e. The molecule has 1 N–H and O–H groups in total. The topological polar surface area (TPSA) is 29.1 Å². The first-order chi connectivity index (χ1) is 18.6. The van der Waals surface area contributed by atoms with Gasteiger partial charge in [0.1, 0.15) is 6.29 Å². The molecule has 2 nitrogen and oxygen atoms in total. The first-order valence-electron chi connectivity index (χ1n) is 16.9. The monoisotopic (exact) mass is 533 g/mol. The molecule has 2 heteroatoms. The lowest BCUT2D eigenvalue weighted by molar-refractivity contribution is -0.181. The van der Waals surface area contributed by atoms with Gasteiger partial charge in [-0.15, -0.1) is 0 Å². The third kappa shape index (κ3) is 4.72. The van der Waals surface area contributed by atoms with Crippen LogP contribution in [0, 0.1) is 69.5 Å². The van der Waals surface area contributed by atoms with E-state index in [1.54, 1.807) is 0 Å². The van der Waals surface area contributed by atoms with E-state index in [0.29, 0.717) is 16.7 Å². The predicted octanol–water partition coefficient (Wildman–Crippen LogP) is 9.73. The minimum Gasteiger partial charge on any atom is -0.365 e. The van der Waals surface area contributed by atoms with E-state index < -0.39 is 0 Å². The quantitative estimate of drug-likeness (QED) is 0.315. The Hall–Kier alpha value is -1.31. The summed E-state index contributed by atoms with van der Waals surface area (Å²) in [6, 6.07) is 0. The molecule has 39 heavy (non-hydrogen) atoms. The Labute approximate surface area is 240 Å². The fourth-order valence-corrected chi connectivity index (χ4v) is 11.8. The summed E-state index contributed by atoms with van der Waals surface area (Å²) in [5.74, 6) is 6.61. The van der Waals surface area contributed by atoms with Crippen molar-refractivity contribution < 1.29 is 4.79 Å². The van der Waals surface area contributed by atoms with Gasteiger partial charge in [0, 0.05) is 23.2 Å². The highest BCUT2D eigenvalue weighted by Gasteiger charge is 2.66. The number of rotatable bonds is 8. The third-order valence-electron chi connectivity index (χ3n) is 13.8. The lowest BCUT2D eigenvalue weighted by atomic mass is 9.37. The van der Waals surface area contributed by atoms with Crippen molar-refractivity contribution in [2.24, 2.45) is 69.5 Å². The number of hydrogen-bond donors (Lipinski definition) is 1. The first kappa shape index (κ1) is 29.2. The molecule has 4 saturated carbocycles. The standard InChI is InChI=1S/C37H59NO/c1-8-27-23-32-36(6,20-18-28(24-39)37(32,7)33-15-10-9-11-22-38-33)31-19-21-35(5)29(16-17-30(35)34(27)31)26(4)14-12-13-25(2)3/h9-11,15,22,24-32,34,38H,8,12-14,16-21,23H2,1-7H3/t26-,27?,28?,29-,30+,31+,32?,34+,35-,36-,37?/m1/s1. The van der Waals surface area contributed by atoms with Crippen LogP contribution in [0.25, 0.3) is 0 Å². The lowest BCUT2D eigenvalue weighted by Crippen LogP contribution is -2.62. The van der Waals surface area contributed by atoms with Gasteiger partial charge in [-0.1, -0.05) is 86.3 Å². The molecule has 1 aliphatic heterocycles. The summed E-state index contributed by atoms with van der Waals surface area (Å²) in [5.41, 5.74) is 1.98. The summed E-state index contributed by atoms with van der Waals surface area (Å²) in [7, 11) is 0. The molecule has 218 valence electrons. The zero-order valence-corrected chi connectivity index (χ0v) is 26.3. The zero-order chi connectivity index (χ0) is 28.0. The molecular formula is C37H59NO. The van der Waals surface area contributed by atoms with E-state index in [1.165, 1.54) is 76.2 Å². The van der Waals surface area contributed by atoms with E-state index in [1.807, 2.05) is 0 Å². The fourth-order valence-electron chi connectivity index (χ4n) is 11.8. The molecule has 0 bridgehead atoms. The third-order valence-corrected chi connectivity index (χ3v) is 13.8. The zero-order valence-electron chi connectivity index (χ0n) is 26.3. The van der Waals surface area contributed by atoms with Crippen molar-refractivity contribution in [3.63, 3.8) is 0 Å². The van der Waals surface area contributed by atoms with Crippen molar-refractivity contribution in [3.8, 4) is 0 Å². The Morgan fingerprint density at radius 2 is 1.69 bits per heavy atom. The van der Waals surface area contributed by atoms with Gasteiger partial charge in [-0.25, -0.2) is 0 Å². The van der Waals surface area contributed by atoms with Crippen molar-refractivity contribution >= 4 is 6.29 Å². The molecule has 0 saturated heterocycles. The summed E-state index contributed by atoms with van der Waals surface area (Å²) in [6.45, 7) is 17.7. The van der Waals surface area contributed by atoms with Crippen LogP contribution in [0.15, 0.2) is 36.2 Å². The second kappa shape index (κ2) is 11.2. The Morgan fingerprint density at radius 3 is 2.41 bits per heavy atom. The van der Waals surface area contributed by atoms with Crippen LogP contribution in [0.2, 0.25) is 0 Å². The summed E-state index contributed by atoms with van der Waals surface area (Å²) < 4.78 is 0. The minimum absolute atomic E-state index is 0.0969. The molecule has 0 aromatic carbocycles. The number of carbonyl (C=O) groups excluding carboxylic acids is 1. The van der Waals surface area contributed by atoms with Gasteiger partial charge in [0.25, 0.3) is 0 Å². The Morgan fingerprint density at radius 1 is 0.949 bits per heavy atom. The molecular weight excluding hydrogens is 474 g/mol. The number of hydrogen-bond acceptors (Lipinski definition) is 2. The van der Waals surface area contributed by atoms with Crippen LogP contribution in [0.5, 0.6) is 0 Å². The van der Waals surface area contributed by atoms with Crippen LogP contribution >= 0.6 is 0 Å². The number of aldehydes is 1. The van der Waals surface area contributed by atoms with Crippen molar-refractivity contribution in [1.82, 2.24) is 5.32 Å². The number of nitrogens with one attached hydrogen (secondary N) is 1. The maximum absolute atomic E-state index is 12.6. The molecule has 0 aromatic rings. The van der Waals surface area contributed by atoms with Crippen molar-refractivity contribution in [3.05, 3.63) is 36.2 Å². The van der Waals surface area contributed by atoms with E-state index >= 15 is 0 Å². The normalized spacial score (nSPS) is 45.9. The Kier molecular flexibility index (Phi) is 8.36. The van der Waals surface area contributed by atoms with Gasteiger partial charge < -0.3 is 10.1 Å². The van der Waals surface area contributed by atoms with E-state index in [9.17, 15) is 4.79 Å². The summed E-state index contributed by atoms with van der Waals surface area (Å²) in [6.07, 6.45) is 26.8. The van der Waals surface area contributed by atoms with Crippen molar-refractivity contribution in [1.29, 1.82) is 0 Å². The maximum Gasteiger partial charge on any atom is 0.124 e. The van der Waals surface area contributed by atoms with Crippen LogP contribution in [-0.2, 0) is 4.79 Å². The van der Waals surface area contributed by atoms with E-state index in [0.717, 1.165) is 47.8 Å². The molecule has 11 atom stereocenters. The summed E-state index contributed by atoms with van der Waals surface area (Å²) >= 11 is 0. The number of allylic oxidation sites excluding steroid dienone is 5. The molecule has 0 amide bonds. The maximum atomic E-state index is 12.6. The molecule has 5 aliphatic rings. The van der Waals surface area contributed by atoms with Gasteiger partial charge in [0.2, 0.25) is 0 Å². The highest BCUT2D eigenvalue weighted by Crippen LogP contribution is 2.73. The molecule has 4 fully saturated rings. The van der Waals surface area contributed by atoms with Crippen LogP contribution in [-0.4, -0.2) is 6.29 Å². The van der Waals surface area contributed by atoms with Crippen molar-refractivity contribution in [2.75, 3.05) is 0 Å². The van der Waals surface area contributed by atoms with E-state index in [4.69, 9.17) is 0 Å². The molecule has 4 aliphatic carbocycles. The van der Waals surface area contributed by atoms with E-state index in [2.05, 4.69) is 84.3 Å². The molecule has 0 spiro atoms. The van der Waals surface area contributed by atoms with E-state index in [-0.39, 0.29) is 11.3 Å². The molecule has 5 rings (SSSR count). The smallest absolute Gasteiger partial charge is 0.124 e. The number of carbonyl (C=O) groups is 1. The van der Waals surface area contributed by atoms with Gasteiger partial charge >= 0.3 is 0 Å². The number of fused-ring (bicyclic) bond motifs is 5. The SMILES string of the molecule is CCC1CC2C(C)(C3=CC=CC=CN3)C(C=O)CC[C@]2(C)[C@H]2CC[C@]3(C)[C@@H]([C@H](C)CCCC(C)C)CC[C@H]3[C@H]12. The predicted molar refractivity (Wildman–Crippen MR) is 165 cm³/mol. The molecule has 1 heterocycles. The lowest BCUT2D eigenvalue weighted by Gasteiger charge is -2.67. The average molecular weight is 534 g/mol. The summed E-state index contributed by atoms with van der Waals surface area (Å²) in [5, 5.41) is 3.66. The Balaban J connectivity index is 1.45. The summed E-state index contributed by atoms with van der Waals surface area (Å²) in [4.78, 5) is 12.6. The Bertz CT molecular complexity index is 976. The highest BCUT2D eigenvalue weighted by molar-refractivity contribution is 5.58. The minimum atomic E-state index is -0.129. The highest BCUT2D eigenvalue weighted by atomic mass is 16.1. The van der Waals surface area contributed by atoms with Crippen LogP contribution in [0.3, 0.4) is 0 Å². The van der Waals surface area contributed by atoms with Crippen LogP contribution in [0.4, 0.5) is 0 Å². The van der Waals surface area contributed by atoms with Gasteiger partial charge in [-0.05, 0) is 115 Å². The second-order valence-electron chi connectivity index (χ2n) is 15.8. The van der Waals surface area contributed by atoms with Crippen LogP contribution in [0.1, 0.15) is 119 Å². The van der Waals surface area contributed by atoms with Crippen molar-refractivity contribution in [2.45, 2.75) is 119 Å². The first-order valence-corrected chi connectivity index (χ1v) is 16.9. The van der Waals surface area contributed by atoms with Gasteiger partial charge in [0.05, 0.1) is 0 Å². The molecule has 0 radical (unpaired) electrons. The average Bonchev–Trinajstić information content (AvgIpc) is 3.05. The molecule has 0 aromatic heterocycles. The fraction of sp³-hybridized carbons (Fsp3) is 0.811. The molecule has 4 unspecified atom stereocenters. The van der Waals surface area contributed by atoms with Gasteiger partial charge in [-0.3, -0.25) is 0 Å². The van der Waals surface area contributed by atoms with Crippen LogP contribution < -0.4 is 5.32 Å². The second-order valence-corrected chi connectivity index (χ2v) is 15.8. The van der Waals surface area contributed by atoms with Gasteiger partial charge in [-0.2, -0.15) is 0 Å².